The molecule has 0 amide bonds. The molecule has 0 aromatic heterocycles. The molecule has 0 radical (unpaired) electrons. The van der Waals surface area contributed by atoms with Crippen LogP contribution in [0.1, 0.15) is 374 Å². The maximum absolute atomic E-state index is 12.9. The smallest absolute Gasteiger partial charge is 0.305 e. The molecule has 0 bridgehead atoms. The van der Waals surface area contributed by atoms with Gasteiger partial charge in [0.1, 0.15) is 6.61 Å². The van der Waals surface area contributed by atoms with Crippen molar-refractivity contribution in [2.45, 2.75) is 399 Å². The van der Waals surface area contributed by atoms with Crippen molar-refractivity contribution in [1.82, 2.24) is 19.6 Å². The molecular formula is C80H160N4O6S2. The predicted octanol–water partition coefficient (Wildman–Crippen LogP) is 21.3. The van der Waals surface area contributed by atoms with E-state index in [0.717, 1.165) is 154 Å². The molecule has 4 unspecified atom stereocenters. The van der Waals surface area contributed by atoms with E-state index in [4.69, 9.17) is 4.74 Å². The van der Waals surface area contributed by atoms with Gasteiger partial charge in [0.05, 0.1) is 24.4 Å². The van der Waals surface area contributed by atoms with Crippen molar-refractivity contribution in [2.75, 3.05) is 96.6 Å². The minimum atomic E-state index is -0.392. The Morgan fingerprint density at radius 3 is 0.978 bits per heavy atom. The summed E-state index contributed by atoms with van der Waals surface area (Å²) in [5.41, 5.74) is 0. The van der Waals surface area contributed by atoms with E-state index in [-0.39, 0.29) is 24.3 Å². The highest BCUT2D eigenvalue weighted by Crippen LogP contribution is 2.24. The van der Waals surface area contributed by atoms with Crippen molar-refractivity contribution in [3.05, 3.63) is 12.2 Å². The molecule has 0 saturated carbocycles. The molecule has 12 heteroatoms. The van der Waals surface area contributed by atoms with Crippen molar-refractivity contribution in [3.8, 4) is 0 Å². The zero-order valence-corrected chi connectivity index (χ0v) is 63.6. The van der Waals surface area contributed by atoms with E-state index in [0.29, 0.717) is 39.2 Å². The number of aliphatic hydroxyl groups excluding tert-OH is 4. The van der Waals surface area contributed by atoms with Gasteiger partial charge in [0, 0.05) is 83.4 Å². The summed E-state index contributed by atoms with van der Waals surface area (Å²) < 4.78 is 5.76. The van der Waals surface area contributed by atoms with Crippen LogP contribution in [-0.4, -0.2) is 167 Å². The number of carbonyl (C=O) groups is 1. The molecule has 0 spiro atoms. The number of hydrogen-bond donors (Lipinski definition) is 4. The molecule has 0 aromatic rings. The lowest BCUT2D eigenvalue weighted by molar-refractivity contribution is -0.144. The monoisotopic (exact) mass is 1340 g/mol. The molecule has 4 N–H and O–H groups in total. The standard InChI is InChI=1S/C80H160N4O6S2/c1-5-9-13-17-21-25-29-31-33-35-39-43-47-49-57-77(86)73-83(72-76(85)56-48-46-42-38-34-32-30-26-22-18-14-10-6-2)61-53-52-60-80(89)90-69-67-81-63-65-82(66-64-81)68-71-92-91-70-55-54-62-84(74-78(87)58-50-44-40-36-27-23-19-15-11-7-3)75-79(88)59-51-45-41-37-28-24-20-16-12-8-4/h30,32,76-79,85-88H,5-29,31,33-75H2,1-4H3/b32-30+. The Kier molecular flexibility index (Phi) is 70.0. The number of carbonyl (C=O) groups excluding carboxylic acids is 1. The Labute approximate surface area is 581 Å². The van der Waals surface area contributed by atoms with Crippen LogP contribution < -0.4 is 0 Å². The first-order valence-electron chi connectivity index (χ1n) is 40.9. The van der Waals surface area contributed by atoms with Crippen LogP contribution in [0.2, 0.25) is 0 Å². The molecule has 4 atom stereocenters. The van der Waals surface area contributed by atoms with Crippen LogP contribution in [0.15, 0.2) is 12.2 Å². The number of piperazine rings is 1. The van der Waals surface area contributed by atoms with Gasteiger partial charge in [-0.3, -0.25) is 24.4 Å². The summed E-state index contributed by atoms with van der Waals surface area (Å²) in [7, 11) is 4.00. The molecule has 10 nitrogen and oxygen atoms in total. The van der Waals surface area contributed by atoms with Crippen LogP contribution in [0.5, 0.6) is 0 Å². The number of unbranched alkanes of at least 4 members (excludes halogenated alkanes) is 42. The van der Waals surface area contributed by atoms with Crippen LogP contribution in [0.3, 0.4) is 0 Å². The molecule has 1 heterocycles. The van der Waals surface area contributed by atoms with Crippen LogP contribution in [0.4, 0.5) is 0 Å². The molecule has 92 heavy (non-hydrogen) atoms. The SMILES string of the molecule is CCCCCCC/C=C/CCCCCCC(O)CN(CCCCC(=O)OCCN1CCN(CCSSCCCCN(CC(O)CCCCCCCCCCCC)CC(O)CCCCCCCCCCCC)CC1)CC(O)CCCCCCCCCCCCCCCC. The number of aliphatic hydroxyl groups is 4. The average molecular weight is 1340 g/mol. The van der Waals surface area contributed by atoms with Gasteiger partial charge in [-0.15, -0.1) is 0 Å². The molecule has 1 fully saturated rings. The molecular weight excluding hydrogens is 1180 g/mol. The average Bonchev–Trinajstić information content (AvgIpc) is 3.60. The first-order valence-corrected chi connectivity index (χ1v) is 43.4. The molecule has 0 aromatic carbocycles. The third-order valence-corrected chi connectivity index (χ3v) is 22.1. The summed E-state index contributed by atoms with van der Waals surface area (Å²) in [5.74, 6) is 2.15. The highest BCUT2D eigenvalue weighted by atomic mass is 33.1. The Balaban J connectivity index is 2.38. The van der Waals surface area contributed by atoms with E-state index in [1.54, 1.807) is 0 Å². The van der Waals surface area contributed by atoms with Gasteiger partial charge in [0.15, 0.2) is 0 Å². The summed E-state index contributed by atoms with van der Waals surface area (Å²) in [4.78, 5) is 22.6. The third kappa shape index (κ3) is 64.3. The highest BCUT2D eigenvalue weighted by molar-refractivity contribution is 8.76. The normalized spacial score (nSPS) is 14.8. The Morgan fingerprint density at radius 2 is 0.641 bits per heavy atom. The van der Waals surface area contributed by atoms with Gasteiger partial charge in [-0.1, -0.05) is 325 Å². The molecule has 1 rings (SSSR count). The molecule has 1 aliphatic rings. The Morgan fingerprint density at radius 1 is 0.359 bits per heavy atom. The van der Waals surface area contributed by atoms with Gasteiger partial charge < -0.3 is 25.2 Å². The fourth-order valence-corrected chi connectivity index (χ4v) is 15.6. The van der Waals surface area contributed by atoms with Crippen molar-refractivity contribution in [1.29, 1.82) is 0 Å². The fraction of sp³-hybridized carbons (Fsp3) is 0.963. The number of esters is 1. The first-order chi connectivity index (χ1) is 45.2. The van der Waals surface area contributed by atoms with Gasteiger partial charge in [0.2, 0.25) is 0 Å². The summed E-state index contributed by atoms with van der Waals surface area (Å²) in [6.45, 7) is 19.9. The van der Waals surface area contributed by atoms with E-state index in [1.807, 2.05) is 21.6 Å². The van der Waals surface area contributed by atoms with Crippen molar-refractivity contribution >= 4 is 27.6 Å². The van der Waals surface area contributed by atoms with Gasteiger partial charge in [0.25, 0.3) is 0 Å². The van der Waals surface area contributed by atoms with Gasteiger partial charge in [-0.2, -0.15) is 0 Å². The first kappa shape index (κ1) is 89.6. The Hall–Kier alpha value is -0.410. The summed E-state index contributed by atoms with van der Waals surface area (Å²) in [6.07, 6.45) is 69.7. The predicted molar refractivity (Wildman–Crippen MR) is 407 cm³/mol. The van der Waals surface area contributed by atoms with Crippen molar-refractivity contribution in [2.24, 2.45) is 0 Å². The second-order valence-corrected chi connectivity index (χ2v) is 31.5. The number of rotatable bonds is 75. The molecule has 0 aliphatic carbocycles. The Bertz CT molecular complexity index is 1460. The maximum Gasteiger partial charge on any atom is 0.305 e. The minimum Gasteiger partial charge on any atom is -0.464 e. The zero-order chi connectivity index (χ0) is 66.5. The number of nitrogens with zero attached hydrogens (tertiary/aromatic N) is 4. The highest BCUT2D eigenvalue weighted by Gasteiger charge is 2.20. The van der Waals surface area contributed by atoms with Gasteiger partial charge in [-0.25, -0.2) is 0 Å². The van der Waals surface area contributed by atoms with E-state index in [9.17, 15) is 25.2 Å². The molecule has 1 aliphatic heterocycles. The number of hydrogen-bond acceptors (Lipinski definition) is 12. The second kappa shape index (κ2) is 71.9. The van der Waals surface area contributed by atoms with E-state index >= 15 is 0 Å². The third-order valence-electron chi connectivity index (χ3n) is 19.6. The lowest BCUT2D eigenvalue weighted by Gasteiger charge is -2.34. The quantitative estimate of drug-likeness (QED) is 0.0201. The minimum absolute atomic E-state index is 0.111. The molecule has 548 valence electrons. The lowest BCUT2D eigenvalue weighted by Crippen LogP contribution is -2.47. The van der Waals surface area contributed by atoms with E-state index < -0.39 is 6.10 Å². The largest absolute Gasteiger partial charge is 0.464 e. The van der Waals surface area contributed by atoms with Crippen molar-refractivity contribution < 1.29 is 30.0 Å². The van der Waals surface area contributed by atoms with Crippen molar-refractivity contribution in [3.63, 3.8) is 0 Å². The number of ether oxygens (including phenoxy) is 1. The summed E-state index contributed by atoms with van der Waals surface area (Å²) >= 11 is 0. The molecule has 1 saturated heterocycles. The van der Waals surface area contributed by atoms with E-state index in [2.05, 4.69) is 59.4 Å². The number of allylic oxidation sites excluding steroid dienone is 2. The second-order valence-electron chi connectivity index (χ2n) is 28.8. The van der Waals surface area contributed by atoms with Crippen LogP contribution >= 0.6 is 21.6 Å². The van der Waals surface area contributed by atoms with E-state index in [1.165, 1.54) is 250 Å². The maximum atomic E-state index is 12.9. The van der Waals surface area contributed by atoms with Crippen LogP contribution in [0, 0.1) is 0 Å². The summed E-state index contributed by atoms with van der Waals surface area (Å²) in [5, 5.41) is 44.6. The topological polar surface area (TPSA) is 120 Å². The summed E-state index contributed by atoms with van der Waals surface area (Å²) in [6, 6.07) is 0. The van der Waals surface area contributed by atoms with Crippen LogP contribution in [0.25, 0.3) is 0 Å². The fourth-order valence-electron chi connectivity index (χ4n) is 13.5. The lowest BCUT2D eigenvalue weighted by atomic mass is 10.0. The van der Waals surface area contributed by atoms with Crippen LogP contribution in [-0.2, 0) is 9.53 Å². The zero-order valence-electron chi connectivity index (χ0n) is 62.0. The van der Waals surface area contributed by atoms with Gasteiger partial charge in [-0.05, 0) is 90.1 Å². The van der Waals surface area contributed by atoms with Gasteiger partial charge >= 0.3 is 5.97 Å².